The molecule has 2 heterocycles. The molecule has 5 nitrogen and oxygen atoms in total. The van der Waals surface area contributed by atoms with Gasteiger partial charge in [0.2, 0.25) is 5.91 Å². The normalized spacial score (nSPS) is 24.3. The minimum absolute atomic E-state index is 0.187. The number of amides is 1. The Kier molecular flexibility index (Phi) is 6.03. The van der Waals surface area contributed by atoms with Crippen molar-refractivity contribution in [2.24, 2.45) is 0 Å². The molecular formula is C16H28N2O3. The number of piperidine rings is 1. The number of nitrogens with zero attached hydrogens (tertiary/aromatic N) is 2. The number of carbonyl (C=O) groups is 2. The molecule has 0 unspecified atom stereocenters. The number of esters is 1. The van der Waals surface area contributed by atoms with E-state index in [4.69, 9.17) is 0 Å². The van der Waals surface area contributed by atoms with Crippen LogP contribution in [0, 0.1) is 0 Å². The van der Waals surface area contributed by atoms with Crippen molar-refractivity contribution in [1.29, 1.82) is 0 Å². The maximum atomic E-state index is 12.1. The molecule has 1 amide bonds. The van der Waals surface area contributed by atoms with E-state index in [1.54, 1.807) is 0 Å². The minimum Gasteiger partial charge on any atom is -0.469 e. The van der Waals surface area contributed by atoms with Crippen LogP contribution in [0.1, 0.15) is 51.9 Å². The summed E-state index contributed by atoms with van der Waals surface area (Å²) in [6.45, 7) is 5.27. The SMILES string of the molecule is COC(=O)CCCC(=O)N1CCC(N2CCC[C@H]2C)CC1. The van der Waals surface area contributed by atoms with Gasteiger partial charge in [-0.15, -0.1) is 0 Å². The summed E-state index contributed by atoms with van der Waals surface area (Å²) < 4.78 is 4.59. The second-order valence-electron chi connectivity index (χ2n) is 6.27. The van der Waals surface area contributed by atoms with Crippen LogP contribution in [-0.2, 0) is 14.3 Å². The second kappa shape index (κ2) is 7.78. The molecule has 2 rings (SSSR count). The summed E-state index contributed by atoms with van der Waals surface area (Å²) >= 11 is 0. The highest BCUT2D eigenvalue weighted by atomic mass is 16.5. The van der Waals surface area contributed by atoms with Gasteiger partial charge in [-0.1, -0.05) is 0 Å². The van der Waals surface area contributed by atoms with Gasteiger partial charge in [-0.05, 0) is 45.6 Å². The summed E-state index contributed by atoms with van der Waals surface area (Å²) in [7, 11) is 1.38. The van der Waals surface area contributed by atoms with Gasteiger partial charge in [0, 0.05) is 38.0 Å². The van der Waals surface area contributed by atoms with Gasteiger partial charge in [-0.2, -0.15) is 0 Å². The van der Waals surface area contributed by atoms with Crippen molar-refractivity contribution in [2.75, 3.05) is 26.7 Å². The Balaban J connectivity index is 1.68. The fraction of sp³-hybridized carbons (Fsp3) is 0.875. The van der Waals surface area contributed by atoms with Crippen LogP contribution in [0.15, 0.2) is 0 Å². The molecule has 0 aromatic rings. The van der Waals surface area contributed by atoms with Crippen LogP contribution in [0.25, 0.3) is 0 Å². The fourth-order valence-corrected chi connectivity index (χ4v) is 3.59. The first-order valence-corrected chi connectivity index (χ1v) is 8.22. The van der Waals surface area contributed by atoms with Crippen molar-refractivity contribution in [1.82, 2.24) is 9.80 Å². The first-order chi connectivity index (χ1) is 10.1. The van der Waals surface area contributed by atoms with Crippen LogP contribution >= 0.6 is 0 Å². The topological polar surface area (TPSA) is 49.9 Å². The van der Waals surface area contributed by atoms with Crippen molar-refractivity contribution in [3.63, 3.8) is 0 Å². The van der Waals surface area contributed by atoms with Crippen LogP contribution in [0.2, 0.25) is 0 Å². The fourth-order valence-electron chi connectivity index (χ4n) is 3.59. The molecule has 2 saturated heterocycles. The standard InChI is InChI=1S/C16H28N2O3/c1-13-5-4-10-18(13)14-8-11-17(12-9-14)15(19)6-3-7-16(20)21-2/h13-14H,3-12H2,1-2H3/t13-/m1/s1. The number of likely N-dealkylation sites (tertiary alicyclic amines) is 2. The maximum absolute atomic E-state index is 12.1. The van der Waals surface area contributed by atoms with E-state index in [1.165, 1.54) is 26.5 Å². The summed E-state index contributed by atoms with van der Waals surface area (Å²) in [6, 6.07) is 1.36. The molecule has 0 aliphatic carbocycles. The number of ether oxygens (including phenoxy) is 1. The van der Waals surface area contributed by atoms with Crippen LogP contribution < -0.4 is 0 Å². The predicted molar refractivity (Wildman–Crippen MR) is 80.9 cm³/mol. The van der Waals surface area contributed by atoms with Crippen molar-refractivity contribution < 1.29 is 14.3 Å². The molecule has 2 fully saturated rings. The third kappa shape index (κ3) is 4.43. The monoisotopic (exact) mass is 296 g/mol. The van der Waals surface area contributed by atoms with Gasteiger partial charge in [0.25, 0.3) is 0 Å². The smallest absolute Gasteiger partial charge is 0.305 e. The molecule has 0 saturated carbocycles. The van der Waals surface area contributed by atoms with E-state index in [0.717, 1.165) is 25.9 Å². The molecule has 21 heavy (non-hydrogen) atoms. The third-order valence-electron chi connectivity index (χ3n) is 4.89. The van der Waals surface area contributed by atoms with Crippen molar-refractivity contribution in [3.8, 4) is 0 Å². The number of carbonyl (C=O) groups excluding carboxylic acids is 2. The van der Waals surface area contributed by atoms with Gasteiger partial charge >= 0.3 is 5.97 Å². The van der Waals surface area contributed by atoms with E-state index in [-0.39, 0.29) is 11.9 Å². The van der Waals surface area contributed by atoms with E-state index in [0.29, 0.717) is 31.3 Å². The molecule has 0 aromatic carbocycles. The molecule has 5 heteroatoms. The van der Waals surface area contributed by atoms with Crippen LogP contribution in [0.3, 0.4) is 0 Å². The average Bonchev–Trinajstić information content (AvgIpc) is 2.93. The van der Waals surface area contributed by atoms with E-state index in [2.05, 4.69) is 16.6 Å². The van der Waals surface area contributed by atoms with E-state index in [9.17, 15) is 9.59 Å². The van der Waals surface area contributed by atoms with Gasteiger partial charge in [0.15, 0.2) is 0 Å². The molecule has 1 atom stereocenters. The summed E-state index contributed by atoms with van der Waals surface area (Å²) in [4.78, 5) is 27.7. The Morgan fingerprint density at radius 1 is 1.10 bits per heavy atom. The van der Waals surface area contributed by atoms with Crippen LogP contribution in [-0.4, -0.2) is 60.5 Å². The highest BCUT2D eigenvalue weighted by Crippen LogP contribution is 2.25. The van der Waals surface area contributed by atoms with Gasteiger partial charge in [0.1, 0.15) is 0 Å². The first kappa shape index (κ1) is 16.3. The minimum atomic E-state index is -0.232. The highest BCUT2D eigenvalue weighted by Gasteiger charge is 2.31. The Morgan fingerprint density at radius 2 is 1.81 bits per heavy atom. The highest BCUT2D eigenvalue weighted by molar-refractivity contribution is 5.77. The quantitative estimate of drug-likeness (QED) is 0.726. The van der Waals surface area contributed by atoms with Crippen molar-refractivity contribution in [3.05, 3.63) is 0 Å². The van der Waals surface area contributed by atoms with Crippen LogP contribution in [0.4, 0.5) is 0 Å². The van der Waals surface area contributed by atoms with Gasteiger partial charge in [-0.25, -0.2) is 0 Å². The summed E-state index contributed by atoms with van der Waals surface area (Å²) in [5, 5.41) is 0. The molecule has 2 aliphatic heterocycles. The zero-order chi connectivity index (χ0) is 15.2. The molecule has 0 aromatic heterocycles. The van der Waals surface area contributed by atoms with Crippen molar-refractivity contribution >= 4 is 11.9 Å². The Hall–Kier alpha value is -1.10. The third-order valence-corrected chi connectivity index (χ3v) is 4.89. The van der Waals surface area contributed by atoms with Gasteiger partial charge in [-0.3, -0.25) is 14.5 Å². The number of hydrogen-bond acceptors (Lipinski definition) is 4. The predicted octanol–water partition coefficient (Wildman–Crippen LogP) is 1.80. The number of rotatable bonds is 5. The zero-order valence-electron chi connectivity index (χ0n) is 13.3. The summed E-state index contributed by atoms with van der Waals surface area (Å²) in [6.07, 6.45) is 6.19. The second-order valence-corrected chi connectivity index (χ2v) is 6.27. The maximum Gasteiger partial charge on any atom is 0.305 e. The van der Waals surface area contributed by atoms with Crippen LogP contribution in [0.5, 0.6) is 0 Å². The Bertz CT molecular complexity index is 365. The summed E-state index contributed by atoms with van der Waals surface area (Å²) in [5.74, 6) is -0.0450. The summed E-state index contributed by atoms with van der Waals surface area (Å²) in [5.41, 5.74) is 0. The van der Waals surface area contributed by atoms with Gasteiger partial charge < -0.3 is 9.64 Å². The number of hydrogen-bond donors (Lipinski definition) is 0. The molecular weight excluding hydrogens is 268 g/mol. The van der Waals surface area contributed by atoms with E-state index in [1.807, 2.05) is 4.90 Å². The number of methoxy groups -OCH3 is 1. The lowest BCUT2D eigenvalue weighted by atomic mass is 10.0. The molecule has 120 valence electrons. The van der Waals surface area contributed by atoms with E-state index >= 15 is 0 Å². The molecule has 0 N–H and O–H groups in total. The van der Waals surface area contributed by atoms with Gasteiger partial charge in [0.05, 0.1) is 7.11 Å². The van der Waals surface area contributed by atoms with Crippen molar-refractivity contribution in [2.45, 2.75) is 64.0 Å². The lowest BCUT2D eigenvalue weighted by Gasteiger charge is -2.38. The zero-order valence-corrected chi connectivity index (χ0v) is 13.3. The molecule has 0 spiro atoms. The largest absolute Gasteiger partial charge is 0.469 e. The lowest BCUT2D eigenvalue weighted by Crippen LogP contribution is -2.47. The first-order valence-electron chi connectivity index (χ1n) is 8.22. The molecule has 0 radical (unpaired) electrons. The lowest BCUT2D eigenvalue weighted by molar-refractivity contribution is -0.141. The molecule has 0 bridgehead atoms. The molecule has 2 aliphatic rings. The van der Waals surface area contributed by atoms with E-state index < -0.39 is 0 Å². The Labute approximate surface area is 127 Å². The average molecular weight is 296 g/mol. The Morgan fingerprint density at radius 3 is 2.38 bits per heavy atom.